The van der Waals surface area contributed by atoms with Gasteiger partial charge in [-0.05, 0) is 61.5 Å². The highest BCUT2D eigenvalue weighted by Gasteiger charge is 2.22. The summed E-state index contributed by atoms with van der Waals surface area (Å²) >= 11 is 6.15. The van der Waals surface area contributed by atoms with Crippen LogP contribution in [0.4, 0.5) is 21.9 Å². The Balaban J connectivity index is 1.72. The van der Waals surface area contributed by atoms with Gasteiger partial charge in [0, 0.05) is 53.9 Å². The number of aliphatic carboxylic acids is 1. The first-order chi connectivity index (χ1) is 21.6. The summed E-state index contributed by atoms with van der Waals surface area (Å²) in [6.07, 6.45) is 4.71. The molecule has 1 atom stereocenters. The number of nitrogens with two attached hydrogens (primary N) is 1. The Bertz CT molecular complexity index is 1570. The molecule has 16 heteroatoms. The second-order valence-corrected chi connectivity index (χ2v) is 9.65. The van der Waals surface area contributed by atoms with E-state index in [1.54, 1.807) is 47.3 Å². The van der Waals surface area contributed by atoms with E-state index in [1.807, 2.05) is 6.92 Å². The molecule has 0 radical (unpaired) electrons. The fraction of sp³-hybridized carbons (Fsp3) is 0.207. The molecule has 2 aromatic carbocycles. The van der Waals surface area contributed by atoms with Gasteiger partial charge >= 0.3 is 12.1 Å². The number of carboxylic acid groups (broad SMARTS) is 1. The Morgan fingerprint density at radius 1 is 1.16 bits per heavy atom. The number of nitrogens with one attached hydrogen (secondary N) is 3. The third kappa shape index (κ3) is 11.2. The van der Waals surface area contributed by atoms with E-state index in [0.29, 0.717) is 39.9 Å². The SMILES string of the molecule is C=N/N=C\N(N)c1ccc(Cl)cc1/C=C/C(=O)N[C@@H](Cc1ccn(CC)n1)C(=O)Nc1ccc(NC(=O)OCCC(=O)O)cc1. The third-order valence-corrected chi connectivity index (χ3v) is 6.19. The number of ether oxygens (including phenoxy) is 1. The van der Waals surface area contributed by atoms with Gasteiger partial charge in [-0.2, -0.15) is 10.2 Å². The summed E-state index contributed by atoms with van der Waals surface area (Å²) < 4.78 is 6.50. The number of hydrogen-bond acceptors (Lipinski definition) is 9. The Labute approximate surface area is 263 Å². The van der Waals surface area contributed by atoms with Crippen LogP contribution >= 0.6 is 11.6 Å². The van der Waals surface area contributed by atoms with Crippen molar-refractivity contribution in [2.24, 2.45) is 16.0 Å². The van der Waals surface area contributed by atoms with Crippen molar-refractivity contribution in [2.75, 3.05) is 22.2 Å². The zero-order valence-electron chi connectivity index (χ0n) is 24.2. The maximum atomic E-state index is 13.3. The summed E-state index contributed by atoms with van der Waals surface area (Å²) in [6.45, 7) is 5.54. The number of hydrogen-bond donors (Lipinski definition) is 5. The molecule has 0 spiro atoms. The fourth-order valence-electron chi connectivity index (χ4n) is 3.79. The van der Waals surface area contributed by atoms with E-state index < -0.39 is 29.9 Å². The van der Waals surface area contributed by atoms with Gasteiger partial charge < -0.3 is 20.5 Å². The quantitative estimate of drug-likeness (QED) is 0.0544. The van der Waals surface area contributed by atoms with Crippen LogP contribution in [0.2, 0.25) is 5.02 Å². The standard InChI is InChI=1S/C29H32ClN9O6/c1-3-38-14-12-23(37-38)17-24(28(43)34-21-6-8-22(9-7-21)35-29(44)45-15-13-27(41)42)36-26(40)11-4-19-16-20(30)5-10-25(19)39(31)18-33-32-2/h4-12,14,16,18,24H,2-3,13,15,17,31H2,1H3,(H,34,43)(H,35,44)(H,36,40)(H,41,42)/b11-4+,33-18-/t24-/m0/s1. The molecule has 0 aliphatic carbocycles. The summed E-state index contributed by atoms with van der Waals surface area (Å²) in [6, 6.07) is 11.7. The van der Waals surface area contributed by atoms with E-state index in [-0.39, 0.29) is 19.4 Å². The van der Waals surface area contributed by atoms with E-state index in [2.05, 4.69) is 38.0 Å². The maximum absolute atomic E-state index is 13.3. The monoisotopic (exact) mass is 637 g/mol. The van der Waals surface area contributed by atoms with Crippen molar-refractivity contribution in [3.8, 4) is 0 Å². The topological polar surface area (TPSA) is 206 Å². The lowest BCUT2D eigenvalue weighted by atomic mass is 10.1. The first-order valence-electron chi connectivity index (χ1n) is 13.5. The lowest BCUT2D eigenvalue weighted by molar-refractivity contribution is -0.137. The van der Waals surface area contributed by atoms with Gasteiger partial charge in [-0.3, -0.25) is 29.4 Å². The van der Waals surface area contributed by atoms with Crippen molar-refractivity contribution in [1.82, 2.24) is 15.1 Å². The number of carbonyl (C=O) groups is 4. The predicted molar refractivity (Wildman–Crippen MR) is 171 cm³/mol. The van der Waals surface area contributed by atoms with Crippen molar-refractivity contribution in [2.45, 2.75) is 32.4 Å². The first-order valence-corrected chi connectivity index (χ1v) is 13.9. The number of halogens is 1. The summed E-state index contributed by atoms with van der Waals surface area (Å²) in [5.41, 5.74) is 2.31. The molecule has 0 aliphatic heterocycles. The van der Waals surface area contributed by atoms with Crippen LogP contribution in [0.25, 0.3) is 6.08 Å². The van der Waals surface area contributed by atoms with Gasteiger partial charge in [-0.15, -0.1) is 5.10 Å². The largest absolute Gasteiger partial charge is 0.481 e. The minimum atomic E-state index is -1.09. The van der Waals surface area contributed by atoms with Gasteiger partial charge in [0.2, 0.25) is 11.8 Å². The van der Waals surface area contributed by atoms with Crippen molar-refractivity contribution in [3.63, 3.8) is 0 Å². The molecule has 3 rings (SSSR count). The number of aromatic nitrogens is 2. The van der Waals surface area contributed by atoms with Gasteiger partial charge in [0.15, 0.2) is 0 Å². The van der Waals surface area contributed by atoms with E-state index in [1.165, 1.54) is 35.6 Å². The summed E-state index contributed by atoms with van der Waals surface area (Å²) in [4.78, 5) is 48.7. The van der Waals surface area contributed by atoms with Gasteiger partial charge in [-0.1, -0.05) is 11.6 Å². The number of hydrazine groups is 1. The molecule has 0 bridgehead atoms. The van der Waals surface area contributed by atoms with Crippen molar-refractivity contribution < 1.29 is 29.0 Å². The van der Waals surface area contributed by atoms with Crippen LogP contribution in [-0.2, 0) is 32.1 Å². The maximum Gasteiger partial charge on any atom is 0.411 e. The molecule has 0 saturated heterocycles. The van der Waals surface area contributed by atoms with E-state index >= 15 is 0 Å². The fourth-order valence-corrected chi connectivity index (χ4v) is 3.97. The lowest BCUT2D eigenvalue weighted by Crippen LogP contribution is -2.44. The molecule has 1 aromatic heterocycles. The number of amides is 3. The van der Waals surface area contributed by atoms with Crippen molar-refractivity contribution in [1.29, 1.82) is 0 Å². The second-order valence-electron chi connectivity index (χ2n) is 9.22. The van der Waals surface area contributed by atoms with Crippen LogP contribution in [0.5, 0.6) is 0 Å². The number of benzene rings is 2. The smallest absolute Gasteiger partial charge is 0.411 e. The number of carbonyl (C=O) groups excluding carboxylic acids is 3. The molecule has 15 nitrogen and oxygen atoms in total. The molecule has 0 aliphatic rings. The Morgan fingerprint density at radius 2 is 1.87 bits per heavy atom. The number of aryl methyl sites for hydroxylation is 1. The molecule has 0 fully saturated rings. The van der Waals surface area contributed by atoms with Gasteiger partial charge in [-0.25, -0.2) is 10.6 Å². The highest BCUT2D eigenvalue weighted by Crippen LogP contribution is 2.24. The van der Waals surface area contributed by atoms with E-state index in [9.17, 15) is 19.2 Å². The summed E-state index contributed by atoms with van der Waals surface area (Å²) in [5, 5.41) is 29.6. The molecule has 236 valence electrons. The molecule has 3 aromatic rings. The van der Waals surface area contributed by atoms with Crippen LogP contribution in [0.1, 0.15) is 24.6 Å². The lowest BCUT2D eigenvalue weighted by Gasteiger charge is -2.18. The van der Waals surface area contributed by atoms with Crippen LogP contribution in [0.3, 0.4) is 0 Å². The van der Waals surface area contributed by atoms with Gasteiger partial charge in [0.05, 0.1) is 17.8 Å². The molecule has 0 unspecified atom stereocenters. The van der Waals surface area contributed by atoms with Crippen LogP contribution in [0, 0.1) is 0 Å². The highest BCUT2D eigenvalue weighted by atomic mass is 35.5. The molecule has 1 heterocycles. The third-order valence-electron chi connectivity index (χ3n) is 5.95. The zero-order valence-corrected chi connectivity index (χ0v) is 25.0. The first kappa shape index (κ1) is 34.0. The molecule has 45 heavy (non-hydrogen) atoms. The number of anilines is 3. The second kappa shape index (κ2) is 16.9. The summed E-state index contributed by atoms with van der Waals surface area (Å²) in [5.74, 6) is 3.83. The van der Waals surface area contributed by atoms with Crippen LogP contribution < -0.4 is 26.8 Å². The zero-order chi connectivity index (χ0) is 32.8. The Kier molecular flexibility index (Phi) is 12.8. The van der Waals surface area contributed by atoms with Crippen molar-refractivity contribution in [3.05, 3.63) is 77.1 Å². The van der Waals surface area contributed by atoms with Crippen LogP contribution in [-0.4, -0.2) is 64.5 Å². The van der Waals surface area contributed by atoms with Gasteiger partial charge in [0.25, 0.3) is 0 Å². The summed E-state index contributed by atoms with van der Waals surface area (Å²) in [7, 11) is 0. The molecule has 3 amide bonds. The average molecular weight is 638 g/mol. The van der Waals surface area contributed by atoms with Gasteiger partial charge in [0.1, 0.15) is 19.0 Å². The molecule has 0 saturated carbocycles. The average Bonchev–Trinajstić information content (AvgIpc) is 3.47. The minimum absolute atomic E-state index is 0.101. The number of nitrogens with zero attached hydrogens (tertiary/aromatic N) is 5. The Hall–Kier alpha value is -5.54. The molecule has 6 N–H and O–H groups in total. The highest BCUT2D eigenvalue weighted by molar-refractivity contribution is 6.30. The van der Waals surface area contributed by atoms with E-state index in [0.717, 1.165) is 0 Å². The Morgan fingerprint density at radius 3 is 2.51 bits per heavy atom. The number of rotatable bonds is 15. The van der Waals surface area contributed by atoms with Crippen LogP contribution in [0.15, 0.2) is 71.0 Å². The molecular formula is C29H32ClN9O6. The van der Waals surface area contributed by atoms with Crippen molar-refractivity contribution >= 4 is 71.7 Å². The normalized spacial score (nSPS) is 11.6. The predicted octanol–water partition coefficient (Wildman–Crippen LogP) is 3.28. The molecular weight excluding hydrogens is 606 g/mol. The minimum Gasteiger partial charge on any atom is -0.481 e. The van der Waals surface area contributed by atoms with E-state index in [4.69, 9.17) is 27.3 Å². The number of carboxylic acids is 1.